The summed E-state index contributed by atoms with van der Waals surface area (Å²) >= 11 is 0. The molecule has 130 valence electrons. The number of benzene rings is 2. The van der Waals surface area contributed by atoms with Crippen molar-refractivity contribution in [3.05, 3.63) is 65.9 Å². The first-order valence-corrected chi connectivity index (χ1v) is 9.62. The number of aromatic nitrogens is 1. The summed E-state index contributed by atoms with van der Waals surface area (Å²) in [5.74, 6) is 0. The maximum Gasteiger partial charge on any atom is 0.268 e. The largest absolute Gasteiger partial charge is 0.287 e. The van der Waals surface area contributed by atoms with E-state index >= 15 is 0 Å². The Balaban J connectivity index is 2.31. The SMILES string of the molecule is Cc1c(C=NC(C)(C)C)c2ccccc2n1S(=O)(=O)c1ccccc1. The van der Waals surface area contributed by atoms with Gasteiger partial charge in [-0.15, -0.1) is 0 Å². The topological polar surface area (TPSA) is 51.4 Å². The lowest BCUT2D eigenvalue weighted by atomic mass is 10.1. The monoisotopic (exact) mass is 354 g/mol. The molecule has 0 saturated heterocycles. The van der Waals surface area contributed by atoms with Gasteiger partial charge in [0.25, 0.3) is 10.0 Å². The van der Waals surface area contributed by atoms with Gasteiger partial charge >= 0.3 is 0 Å². The standard InChI is InChI=1S/C20H22N2O2S/c1-15-18(14-21-20(2,3)4)17-12-8-9-13-19(17)22(15)25(23,24)16-10-6-5-7-11-16/h5-14H,1-4H3. The zero-order valence-corrected chi connectivity index (χ0v) is 15.7. The number of aliphatic imine (C=N–C) groups is 1. The summed E-state index contributed by atoms with van der Waals surface area (Å²) in [6.07, 6.45) is 1.79. The maximum atomic E-state index is 13.2. The molecule has 0 spiro atoms. The predicted molar refractivity (Wildman–Crippen MR) is 103 cm³/mol. The van der Waals surface area contributed by atoms with Gasteiger partial charge in [-0.3, -0.25) is 4.99 Å². The minimum Gasteiger partial charge on any atom is -0.287 e. The highest BCUT2D eigenvalue weighted by atomic mass is 32.2. The highest BCUT2D eigenvalue weighted by Gasteiger charge is 2.24. The fourth-order valence-electron chi connectivity index (χ4n) is 2.79. The molecule has 25 heavy (non-hydrogen) atoms. The second-order valence-electron chi connectivity index (χ2n) is 7.03. The molecule has 0 aliphatic heterocycles. The van der Waals surface area contributed by atoms with Gasteiger partial charge in [-0.2, -0.15) is 0 Å². The Morgan fingerprint density at radius 2 is 1.56 bits per heavy atom. The van der Waals surface area contributed by atoms with Crippen molar-refractivity contribution < 1.29 is 8.42 Å². The summed E-state index contributed by atoms with van der Waals surface area (Å²) in [4.78, 5) is 4.85. The molecule has 0 bridgehead atoms. The van der Waals surface area contributed by atoms with E-state index in [0.717, 1.165) is 10.9 Å². The molecular formula is C20H22N2O2S. The summed E-state index contributed by atoms with van der Waals surface area (Å²) in [6.45, 7) is 7.86. The molecule has 0 atom stereocenters. The second kappa shape index (κ2) is 6.15. The van der Waals surface area contributed by atoms with Crippen LogP contribution in [0.4, 0.5) is 0 Å². The Morgan fingerprint density at radius 3 is 2.20 bits per heavy atom. The van der Waals surface area contributed by atoms with Crippen molar-refractivity contribution in [1.82, 2.24) is 3.97 Å². The van der Waals surface area contributed by atoms with E-state index in [2.05, 4.69) is 4.99 Å². The summed E-state index contributed by atoms with van der Waals surface area (Å²) in [7, 11) is -3.67. The fraction of sp³-hybridized carbons (Fsp3) is 0.250. The van der Waals surface area contributed by atoms with E-state index in [0.29, 0.717) is 11.2 Å². The second-order valence-corrected chi connectivity index (χ2v) is 8.81. The lowest BCUT2D eigenvalue weighted by molar-refractivity contribution is 0.586. The quantitative estimate of drug-likeness (QED) is 0.655. The van der Waals surface area contributed by atoms with Crippen molar-refractivity contribution in [2.24, 2.45) is 4.99 Å². The number of fused-ring (bicyclic) bond motifs is 1. The molecule has 0 unspecified atom stereocenters. The van der Waals surface area contributed by atoms with Crippen LogP contribution in [0.1, 0.15) is 32.0 Å². The highest BCUT2D eigenvalue weighted by Crippen LogP contribution is 2.29. The third-order valence-electron chi connectivity index (χ3n) is 3.97. The minimum atomic E-state index is -3.67. The van der Waals surface area contributed by atoms with Crippen LogP contribution in [0.25, 0.3) is 10.9 Å². The van der Waals surface area contributed by atoms with Crippen LogP contribution < -0.4 is 0 Å². The molecule has 2 aromatic carbocycles. The lowest BCUT2D eigenvalue weighted by Crippen LogP contribution is -2.14. The summed E-state index contributed by atoms with van der Waals surface area (Å²) in [5.41, 5.74) is 1.94. The Bertz CT molecular complexity index is 1040. The molecule has 3 aromatic rings. The zero-order valence-electron chi connectivity index (χ0n) is 14.9. The Morgan fingerprint density at radius 1 is 0.960 bits per heavy atom. The summed E-state index contributed by atoms with van der Waals surface area (Å²) in [5, 5.41) is 0.882. The number of hydrogen-bond acceptors (Lipinski definition) is 3. The molecule has 0 saturated carbocycles. The zero-order chi connectivity index (χ0) is 18.2. The van der Waals surface area contributed by atoms with E-state index in [-0.39, 0.29) is 10.4 Å². The van der Waals surface area contributed by atoms with Gasteiger partial charge in [-0.1, -0.05) is 36.4 Å². The van der Waals surface area contributed by atoms with Gasteiger partial charge in [0.1, 0.15) is 0 Å². The van der Waals surface area contributed by atoms with Gasteiger partial charge in [0.2, 0.25) is 0 Å². The van der Waals surface area contributed by atoms with Crippen LogP contribution in [0.3, 0.4) is 0 Å². The Kier molecular flexibility index (Phi) is 4.29. The highest BCUT2D eigenvalue weighted by molar-refractivity contribution is 7.90. The van der Waals surface area contributed by atoms with Crippen LogP contribution >= 0.6 is 0 Å². The molecule has 0 amide bonds. The van der Waals surface area contributed by atoms with Crippen LogP contribution in [0, 0.1) is 6.92 Å². The third kappa shape index (κ3) is 3.24. The van der Waals surface area contributed by atoms with Gasteiger partial charge in [-0.05, 0) is 45.9 Å². The van der Waals surface area contributed by atoms with Crippen molar-refractivity contribution in [1.29, 1.82) is 0 Å². The summed E-state index contributed by atoms with van der Waals surface area (Å²) in [6, 6.07) is 16.0. The number of hydrogen-bond donors (Lipinski definition) is 0. The first-order chi connectivity index (χ1) is 11.7. The van der Waals surface area contributed by atoms with Crippen molar-refractivity contribution in [3.8, 4) is 0 Å². The van der Waals surface area contributed by atoms with Crippen molar-refractivity contribution in [2.45, 2.75) is 38.1 Å². The van der Waals surface area contributed by atoms with E-state index in [9.17, 15) is 8.42 Å². The van der Waals surface area contributed by atoms with E-state index < -0.39 is 10.0 Å². The number of nitrogens with zero attached hydrogens (tertiary/aromatic N) is 2. The van der Waals surface area contributed by atoms with Gasteiger partial charge in [0, 0.05) is 22.9 Å². The van der Waals surface area contributed by atoms with Crippen molar-refractivity contribution in [2.75, 3.05) is 0 Å². The Labute approximate surface area is 148 Å². The summed E-state index contributed by atoms with van der Waals surface area (Å²) < 4.78 is 27.8. The van der Waals surface area contributed by atoms with E-state index in [4.69, 9.17) is 0 Å². The number of para-hydroxylation sites is 1. The predicted octanol–water partition coefficient (Wildman–Crippen LogP) is 4.40. The first-order valence-electron chi connectivity index (χ1n) is 8.18. The first kappa shape index (κ1) is 17.4. The van der Waals surface area contributed by atoms with Gasteiger partial charge < -0.3 is 0 Å². The molecule has 0 radical (unpaired) electrons. The molecule has 0 aliphatic carbocycles. The lowest BCUT2D eigenvalue weighted by Gasteiger charge is -2.11. The van der Waals surface area contributed by atoms with Gasteiger partial charge in [0.05, 0.1) is 16.0 Å². The van der Waals surface area contributed by atoms with Crippen LogP contribution in [0.15, 0.2) is 64.5 Å². The van der Waals surface area contributed by atoms with E-state index in [1.54, 1.807) is 36.5 Å². The molecule has 0 aliphatic rings. The van der Waals surface area contributed by atoms with Gasteiger partial charge in [-0.25, -0.2) is 12.4 Å². The van der Waals surface area contributed by atoms with Crippen LogP contribution in [-0.2, 0) is 10.0 Å². The molecular weight excluding hydrogens is 332 g/mol. The molecule has 5 heteroatoms. The average Bonchev–Trinajstić information content (AvgIpc) is 2.85. The fourth-order valence-corrected chi connectivity index (χ4v) is 4.38. The normalized spacial score (nSPS) is 13.0. The molecule has 1 aromatic heterocycles. The van der Waals surface area contributed by atoms with Crippen LogP contribution in [0.2, 0.25) is 0 Å². The molecule has 4 nitrogen and oxygen atoms in total. The van der Waals surface area contributed by atoms with Crippen LogP contribution in [0.5, 0.6) is 0 Å². The third-order valence-corrected chi connectivity index (χ3v) is 5.79. The molecule has 1 heterocycles. The van der Waals surface area contributed by atoms with Crippen molar-refractivity contribution in [3.63, 3.8) is 0 Å². The smallest absolute Gasteiger partial charge is 0.268 e. The maximum absolute atomic E-state index is 13.2. The molecule has 0 N–H and O–H groups in total. The van der Waals surface area contributed by atoms with E-state index in [1.807, 2.05) is 52.0 Å². The van der Waals surface area contributed by atoms with Crippen LogP contribution in [-0.4, -0.2) is 24.1 Å². The average molecular weight is 354 g/mol. The van der Waals surface area contributed by atoms with E-state index in [1.165, 1.54) is 3.97 Å². The number of rotatable bonds is 3. The van der Waals surface area contributed by atoms with Crippen molar-refractivity contribution >= 4 is 27.1 Å². The van der Waals surface area contributed by atoms with Gasteiger partial charge in [0.15, 0.2) is 0 Å². The molecule has 0 fully saturated rings. The Hall–Kier alpha value is -2.40. The molecule has 3 rings (SSSR count). The minimum absolute atomic E-state index is 0.228.